The first-order chi connectivity index (χ1) is 15.5. The van der Waals surface area contributed by atoms with Crippen molar-refractivity contribution in [2.75, 3.05) is 10.5 Å². The molecule has 4 N–H and O–H groups in total. The van der Waals surface area contributed by atoms with Crippen LogP contribution < -0.4 is 21.3 Å². The molecule has 2 aromatic heterocycles. The molecule has 32 heavy (non-hydrogen) atoms. The first kappa shape index (κ1) is 22.0. The van der Waals surface area contributed by atoms with Crippen molar-refractivity contribution in [2.24, 2.45) is 0 Å². The Balaban J connectivity index is 1.43. The molecular formula is C24H27N5O2S. The van der Waals surface area contributed by atoms with Crippen LogP contribution in [-0.4, -0.2) is 15.5 Å². The van der Waals surface area contributed by atoms with Crippen LogP contribution >= 0.6 is 11.9 Å². The highest BCUT2D eigenvalue weighted by Crippen LogP contribution is 2.39. The van der Waals surface area contributed by atoms with Gasteiger partial charge in [0.2, 0.25) is 5.91 Å². The van der Waals surface area contributed by atoms with E-state index in [2.05, 4.69) is 15.0 Å². The van der Waals surface area contributed by atoms with E-state index in [1.165, 1.54) is 17.5 Å². The second kappa shape index (κ2) is 9.91. The SMILES string of the molecule is Cc1nc(N)ccc1CNC(=O)Cn1c(C2CC2)ccc(NSCc2ccccc2)c1=O. The summed E-state index contributed by atoms with van der Waals surface area (Å²) >= 11 is 1.46. The summed E-state index contributed by atoms with van der Waals surface area (Å²) in [4.78, 5) is 30.0. The molecule has 4 rings (SSSR count). The molecule has 0 radical (unpaired) electrons. The zero-order chi connectivity index (χ0) is 22.5. The molecule has 1 aliphatic rings. The summed E-state index contributed by atoms with van der Waals surface area (Å²) in [6.45, 7) is 2.19. The highest BCUT2D eigenvalue weighted by molar-refractivity contribution is 7.99. The number of nitrogens with two attached hydrogens (primary N) is 1. The standard InChI is InChI=1S/C24H27N5O2S/c1-16-19(9-12-22(25)27-16)13-26-23(30)14-29-21(18-7-8-18)11-10-20(24(29)31)28-32-15-17-5-3-2-4-6-17/h2-6,9-12,18,28H,7-8,13-15H2,1H3,(H2,25,27)(H,26,30). The van der Waals surface area contributed by atoms with Crippen molar-refractivity contribution in [3.63, 3.8) is 0 Å². The van der Waals surface area contributed by atoms with E-state index in [4.69, 9.17) is 5.73 Å². The van der Waals surface area contributed by atoms with Crippen LogP contribution in [-0.2, 0) is 23.6 Å². The zero-order valence-electron chi connectivity index (χ0n) is 18.0. The normalized spacial score (nSPS) is 13.0. The number of carbonyl (C=O) groups is 1. The molecule has 0 atom stereocenters. The van der Waals surface area contributed by atoms with E-state index in [-0.39, 0.29) is 18.0 Å². The minimum Gasteiger partial charge on any atom is -0.384 e. The largest absolute Gasteiger partial charge is 0.384 e. The van der Waals surface area contributed by atoms with Crippen LogP contribution in [0.1, 0.15) is 41.3 Å². The van der Waals surface area contributed by atoms with Gasteiger partial charge in [-0.1, -0.05) is 36.4 Å². The molecule has 0 spiro atoms. The van der Waals surface area contributed by atoms with Crippen molar-refractivity contribution in [2.45, 2.75) is 44.5 Å². The van der Waals surface area contributed by atoms with Gasteiger partial charge >= 0.3 is 0 Å². The van der Waals surface area contributed by atoms with Crippen LogP contribution in [0.3, 0.4) is 0 Å². The predicted molar refractivity (Wildman–Crippen MR) is 129 cm³/mol. The number of pyridine rings is 2. The van der Waals surface area contributed by atoms with E-state index in [1.54, 1.807) is 10.6 Å². The zero-order valence-corrected chi connectivity index (χ0v) is 18.8. The second-order valence-corrected chi connectivity index (χ2v) is 8.75. The Morgan fingerprint density at radius 2 is 1.94 bits per heavy atom. The number of rotatable bonds is 9. The lowest BCUT2D eigenvalue weighted by Gasteiger charge is -2.15. The number of amides is 1. The summed E-state index contributed by atoms with van der Waals surface area (Å²) in [5.74, 6) is 1.33. The van der Waals surface area contributed by atoms with Gasteiger partial charge in [0.25, 0.3) is 5.56 Å². The van der Waals surface area contributed by atoms with E-state index in [9.17, 15) is 9.59 Å². The quantitative estimate of drug-likeness (QED) is 0.432. The first-order valence-corrected chi connectivity index (χ1v) is 11.6. The molecule has 1 fully saturated rings. The monoisotopic (exact) mass is 449 g/mol. The third kappa shape index (κ3) is 5.50. The van der Waals surface area contributed by atoms with Crippen LogP contribution in [0, 0.1) is 6.92 Å². The molecule has 8 heteroatoms. The average Bonchev–Trinajstić information content (AvgIpc) is 3.62. The summed E-state index contributed by atoms with van der Waals surface area (Å²) < 4.78 is 4.77. The predicted octanol–water partition coefficient (Wildman–Crippen LogP) is 3.59. The minimum absolute atomic E-state index is 0.00894. The maximum Gasteiger partial charge on any atom is 0.275 e. The molecular weight excluding hydrogens is 422 g/mol. The van der Waals surface area contributed by atoms with Crippen LogP contribution in [0.4, 0.5) is 11.5 Å². The van der Waals surface area contributed by atoms with Crippen LogP contribution in [0.25, 0.3) is 0 Å². The van der Waals surface area contributed by atoms with Crippen molar-refractivity contribution >= 4 is 29.4 Å². The topological polar surface area (TPSA) is 102 Å². The molecule has 0 aliphatic heterocycles. The number of nitrogens with zero attached hydrogens (tertiary/aromatic N) is 2. The first-order valence-electron chi connectivity index (χ1n) is 10.7. The van der Waals surface area contributed by atoms with E-state index < -0.39 is 0 Å². The smallest absolute Gasteiger partial charge is 0.275 e. The summed E-state index contributed by atoms with van der Waals surface area (Å²) in [6.07, 6.45) is 2.10. The Morgan fingerprint density at radius 3 is 2.66 bits per heavy atom. The summed E-state index contributed by atoms with van der Waals surface area (Å²) in [5, 5.41) is 2.90. The maximum atomic E-state index is 13.1. The van der Waals surface area contributed by atoms with Crippen molar-refractivity contribution in [3.8, 4) is 0 Å². The lowest BCUT2D eigenvalue weighted by Crippen LogP contribution is -2.34. The van der Waals surface area contributed by atoms with Crippen molar-refractivity contribution in [1.82, 2.24) is 14.9 Å². The second-order valence-electron chi connectivity index (χ2n) is 7.97. The number of benzene rings is 1. The fourth-order valence-electron chi connectivity index (χ4n) is 3.53. The van der Waals surface area contributed by atoms with Crippen LogP contribution in [0.15, 0.2) is 59.4 Å². The number of aryl methyl sites for hydroxylation is 1. The Morgan fingerprint density at radius 1 is 1.16 bits per heavy atom. The molecule has 7 nitrogen and oxygen atoms in total. The molecule has 2 heterocycles. The van der Waals surface area contributed by atoms with E-state index in [0.717, 1.165) is 35.5 Å². The van der Waals surface area contributed by atoms with E-state index in [0.29, 0.717) is 24.0 Å². The highest BCUT2D eigenvalue weighted by Gasteiger charge is 2.28. The molecule has 0 bridgehead atoms. The fraction of sp³-hybridized carbons (Fsp3) is 0.292. The van der Waals surface area contributed by atoms with Crippen LogP contribution in [0.5, 0.6) is 0 Å². The number of carbonyl (C=O) groups excluding carboxylic acids is 1. The Bertz CT molecular complexity index is 1160. The van der Waals surface area contributed by atoms with Crippen molar-refractivity contribution in [1.29, 1.82) is 0 Å². The van der Waals surface area contributed by atoms with Gasteiger partial charge < -0.3 is 20.3 Å². The molecule has 0 unspecified atom stereocenters. The van der Waals surface area contributed by atoms with Crippen molar-refractivity contribution in [3.05, 3.63) is 87.5 Å². The molecule has 1 amide bonds. The minimum atomic E-state index is -0.209. The van der Waals surface area contributed by atoms with Gasteiger partial charge in [0.1, 0.15) is 18.1 Å². The number of nitrogens with one attached hydrogen (secondary N) is 2. The Kier molecular flexibility index (Phi) is 6.80. The Labute approximate surface area is 191 Å². The molecule has 0 saturated heterocycles. The summed E-state index contributed by atoms with van der Waals surface area (Å²) in [5.41, 5.74) is 9.78. The van der Waals surface area contributed by atoms with Gasteiger partial charge in [0.05, 0.1) is 0 Å². The molecule has 1 aliphatic carbocycles. The summed E-state index contributed by atoms with van der Waals surface area (Å²) in [7, 11) is 0. The highest BCUT2D eigenvalue weighted by atomic mass is 32.2. The Hall–Kier alpha value is -3.26. The molecule has 1 aromatic carbocycles. The number of hydrogen-bond acceptors (Lipinski definition) is 6. The van der Waals surface area contributed by atoms with E-state index >= 15 is 0 Å². The summed E-state index contributed by atoms with van der Waals surface area (Å²) in [6, 6.07) is 17.4. The van der Waals surface area contributed by atoms with Gasteiger partial charge in [-0.15, -0.1) is 0 Å². The molecule has 166 valence electrons. The van der Waals surface area contributed by atoms with Gasteiger partial charge in [0, 0.05) is 23.7 Å². The van der Waals surface area contributed by atoms with Gasteiger partial charge in [-0.25, -0.2) is 4.98 Å². The average molecular weight is 450 g/mol. The van der Waals surface area contributed by atoms with Gasteiger partial charge in [-0.3, -0.25) is 9.59 Å². The third-order valence-electron chi connectivity index (χ3n) is 5.46. The number of anilines is 2. The lowest BCUT2D eigenvalue weighted by molar-refractivity contribution is -0.121. The van der Waals surface area contributed by atoms with Crippen LogP contribution in [0.2, 0.25) is 0 Å². The number of nitrogen functional groups attached to an aromatic ring is 1. The maximum absolute atomic E-state index is 13.1. The fourth-order valence-corrected chi connectivity index (χ4v) is 4.27. The number of hydrogen-bond donors (Lipinski definition) is 3. The lowest BCUT2D eigenvalue weighted by atomic mass is 10.2. The van der Waals surface area contributed by atoms with E-state index in [1.807, 2.05) is 55.5 Å². The van der Waals surface area contributed by atoms with Gasteiger partial charge in [0.15, 0.2) is 0 Å². The van der Waals surface area contributed by atoms with Gasteiger partial charge in [-0.05, 0) is 67.0 Å². The van der Waals surface area contributed by atoms with Crippen molar-refractivity contribution < 1.29 is 4.79 Å². The molecule has 3 aromatic rings. The van der Waals surface area contributed by atoms with Gasteiger partial charge in [-0.2, -0.15) is 0 Å². The third-order valence-corrected chi connectivity index (χ3v) is 6.30. The number of aromatic nitrogens is 2. The molecule has 1 saturated carbocycles.